The van der Waals surface area contributed by atoms with Crippen LogP contribution in [-0.2, 0) is 5.41 Å². The highest BCUT2D eigenvalue weighted by atomic mass is 15.2. The average Bonchev–Trinajstić information content (AvgIpc) is 3.57. The molecule has 7 aromatic carbocycles. The third-order valence-corrected chi connectivity index (χ3v) is 10.1. The van der Waals surface area contributed by atoms with E-state index in [0.717, 1.165) is 33.1 Å². The van der Waals surface area contributed by atoms with Crippen LogP contribution in [-0.4, -0.2) is 14.5 Å². The third kappa shape index (κ3) is 3.27. The molecule has 3 heteroatoms. The van der Waals surface area contributed by atoms with Crippen LogP contribution in [0.5, 0.6) is 0 Å². The van der Waals surface area contributed by atoms with Gasteiger partial charge >= 0.3 is 0 Å². The number of benzene rings is 7. The van der Waals surface area contributed by atoms with Gasteiger partial charge in [-0.2, -0.15) is 0 Å². The molecule has 1 aliphatic rings. The van der Waals surface area contributed by atoms with Gasteiger partial charge in [0.15, 0.2) is 0 Å². The number of rotatable bonds is 2. The summed E-state index contributed by atoms with van der Waals surface area (Å²) in [6.45, 7) is 4.75. The average molecular weight is 588 g/mol. The molecule has 10 rings (SSSR count). The Morgan fingerprint density at radius 3 is 2.07 bits per heavy atom. The summed E-state index contributed by atoms with van der Waals surface area (Å²) < 4.78 is 2.36. The van der Waals surface area contributed by atoms with Gasteiger partial charge < -0.3 is 0 Å². The molecule has 0 aliphatic heterocycles. The van der Waals surface area contributed by atoms with Gasteiger partial charge in [0.1, 0.15) is 0 Å². The van der Waals surface area contributed by atoms with Crippen molar-refractivity contribution in [3.8, 4) is 28.3 Å². The number of hydrogen-bond acceptors (Lipinski definition) is 2. The van der Waals surface area contributed by atoms with Crippen LogP contribution in [0.2, 0.25) is 0 Å². The zero-order valence-electron chi connectivity index (χ0n) is 25.6. The topological polar surface area (TPSA) is 30.7 Å². The van der Waals surface area contributed by atoms with E-state index in [1.165, 1.54) is 54.7 Å². The van der Waals surface area contributed by atoms with E-state index in [1.54, 1.807) is 0 Å². The summed E-state index contributed by atoms with van der Waals surface area (Å²) in [6, 6.07) is 50.1. The Balaban J connectivity index is 1.46. The zero-order valence-corrected chi connectivity index (χ0v) is 25.6. The number of para-hydroxylation sites is 1. The molecule has 46 heavy (non-hydrogen) atoms. The van der Waals surface area contributed by atoms with E-state index < -0.39 is 0 Å². The van der Waals surface area contributed by atoms with Gasteiger partial charge in [-0.25, -0.2) is 9.97 Å². The van der Waals surface area contributed by atoms with Crippen LogP contribution in [0.3, 0.4) is 0 Å². The second-order valence-electron chi connectivity index (χ2n) is 13.0. The lowest BCUT2D eigenvalue weighted by atomic mass is 9.80. The maximum absolute atomic E-state index is 5.49. The fourth-order valence-electron chi connectivity index (χ4n) is 8.17. The Bertz CT molecular complexity index is 2720. The van der Waals surface area contributed by atoms with Crippen LogP contribution >= 0.6 is 0 Å². The lowest BCUT2D eigenvalue weighted by Gasteiger charge is -2.24. The van der Waals surface area contributed by atoms with Gasteiger partial charge in [-0.1, -0.05) is 141 Å². The van der Waals surface area contributed by atoms with Crippen molar-refractivity contribution in [2.45, 2.75) is 19.3 Å². The first kappa shape index (κ1) is 25.5. The molecule has 0 amide bonds. The molecular formula is C43H29N3. The maximum Gasteiger partial charge on any atom is 0.235 e. The van der Waals surface area contributed by atoms with Gasteiger partial charge in [-0.3, -0.25) is 4.57 Å². The van der Waals surface area contributed by atoms with E-state index in [-0.39, 0.29) is 5.41 Å². The summed E-state index contributed by atoms with van der Waals surface area (Å²) in [5.41, 5.74) is 10.4. The Morgan fingerprint density at radius 2 is 1.22 bits per heavy atom. The van der Waals surface area contributed by atoms with Crippen molar-refractivity contribution in [2.75, 3.05) is 0 Å². The standard InChI is InChI=1S/C43H29N3/c1-43(2)34-22-12-10-20-31(34)36-29-18-8-9-19-30(29)37-32-21-11-13-23-35(32)46(41(37)38(36)43)42-44-39(27-15-4-3-5-16-27)33-25-24-26-14-6-7-17-28(26)40(33)45-42/h3-25H,1-2H3. The molecule has 0 saturated carbocycles. The van der Waals surface area contributed by atoms with E-state index in [0.29, 0.717) is 5.95 Å². The lowest BCUT2D eigenvalue weighted by Crippen LogP contribution is -2.17. The van der Waals surface area contributed by atoms with Crippen molar-refractivity contribution in [3.05, 3.63) is 151 Å². The van der Waals surface area contributed by atoms with E-state index >= 15 is 0 Å². The van der Waals surface area contributed by atoms with Crippen LogP contribution in [0.25, 0.3) is 82.6 Å². The van der Waals surface area contributed by atoms with E-state index in [2.05, 4.69) is 158 Å². The number of aromatic nitrogens is 3. The number of fused-ring (bicyclic) bond motifs is 13. The van der Waals surface area contributed by atoms with Crippen molar-refractivity contribution in [1.82, 2.24) is 14.5 Å². The predicted octanol–water partition coefficient (Wildman–Crippen LogP) is 11.0. The minimum atomic E-state index is -0.230. The van der Waals surface area contributed by atoms with E-state index in [4.69, 9.17) is 9.97 Å². The Hall–Kier alpha value is -5.80. The first-order chi connectivity index (χ1) is 22.6. The zero-order chi connectivity index (χ0) is 30.6. The fraction of sp³-hybridized carbons (Fsp3) is 0.0698. The summed E-state index contributed by atoms with van der Waals surface area (Å²) in [5.74, 6) is 0.693. The molecule has 0 saturated heterocycles. The third-order valence-electron chi connectivity index (χ3n) is 10.1. The highest BCUT2D eigenvalue weighted by Gasteiger charge is 2.40. The number of hydrogen-bond donors (Lipinski definition) is 0. The molecule has 216 valence electrons. The van der Waals surface area contributed by atoms with Crippen LogP contribution in [0.1, 0.15) is 25.0 Å². The summed E-state index contributed by atoms with van der Waals surface area (Å²) >= 11 is 0. The van der Waals surface area contributed by atoms with Gasteiger partial charge in [0, 0.05) is 32.5 Å². The van der Waals surface area contributed by atoms with Gasteiger partial charge in [-0.05, 0) is 50.5 Å². The van der Waals surface area contributed by atoms with Crippen LogP contribution in [0, 0.1) is 0 Å². The van der Waals surface area contributed by atoms with Crippen molar-refractivity contribution in [1.29, 1.82) is 0 Å². The minimum absolute atomic E-state index is 0.230. The molecule has 1 aliphatic carbocycles. The normalized spacial score (nSPS) is 13.6. The first-order valence-corrected chi connectivity index (χ1v) is 15.9. The van der Waals surface area contributed by atoms with Gasteiger partial charge in [0.05, 0.1) is 22.2 Å². The molecule has 0 bridgehead atoms. The van der Waals surface area contributed by atoms with Gasteiger partial charge in [0.2, 0.25) is 5.95 Å². The van der Waals surface area contributed by atoms with Crippen molar-refractivity contribution in [3.63, 3.8) is 0 Å². The molecule has 0 radical (unpaired) electrons. The molecule has 0 spiro atoms. The lowest BCUT2D eigenvalue weighted by molar-refractivity contribution is 0.664. The van der Waals surface area contributed by atoms with Gasteiger partial charge in [-0.15, -0.1) is 0 Å². The van der Waals surface area contributed by atoms with Crippen LogP contribution < -0.4 is 0 Å². The summed E-state index contributed by atoms with van der Waals surface area (Å²) in [6.07, 6.45) is 0. The van der Waals surface area contributed by atoms with Crippen molar-refractivity contribution >= 4 is 54.3 Å². The second-order valence-corrected chi connectivity index (χ2v) is 13.0. The summed E-state index contributed by atoms with van der Waals surface area (Å²) in [5, 5.41) is 8.38. The SMILES string of the molecule is CC1(C)c2ccccc2-c2c1c1c(c3ccccc23)c2ccccc2n1-c1nc(-c2ccccc2)c2ccc3ccccc3c2n1. The molecule has 3 nitrogen and oxygen atoms in total. The molecular weight excluding hydrogens is 558 g/mol. The minimum Gasteiger partial charge on any atom is -0.278 e. The highest BCUT2D eigenvalue weighted by molar-refractivity contribution is 6.27. The smallest absolute Gasteiger partial charge is 0.235 e. The molecule has 9 aromatic rings. The van der Waals surface area contributed by atoms with Crippen molar-refractivity contribution < 1.29 is 0 Å². The number of nitrogens with zero attached hydrogens (tertiary/aromatic N) is 3. The predicted molar refractivity (Wildman–Crippen MR) is 192 cm³/mol. The quantitative estimate of drug-likeness (QED) is 0.188. The molecule has 2 heterocycles. The second kappa shape index (κ2) is 9.12. The summed E-state index contributed by atoms with van der Waals surface area (Å²) in [4.78, 5) is 11.0. The Kier molecular flexibility index (Phi) is 5.06. The summed E-state index contributed by atoms with van der Waals surface area (Å²) in [7, 11) is 0. The van der Waals surface area contributed by atoms with Crippen LogP contribution in [0.15, 0.2) is 140 Å². The monoisotopic (exact) mass is 587 g/mol. The fourth-order valence-corrected chi connectivity index (χ4v) is 8.17. The Morgan fingerprint density at radius 1 is 0.543 bits per heavy atom. The Labute approximate surface area is 266 Å². The van der Waals surface area contributed by atoms with Gasteiger partial charge in [0.25, 0.3) is 0 Å². The molecule has 0 atom stereocenters. The molecule has 2 aromatic heterocycles. The maximum atomic E-state index is 5.49. The first-order valence-electron chi connectivity index (χ1n) is 15.9. The van der Waals surface area contributed by atoms with E-state index in [9.17, 15) is 0 Å². The molecule has 0 unspecified atom stereocenters. The molecule has 0 N–H and O–H groups in total. The van der Waals surface area contributed by atoms with Crippen LogP contribution in [0.4, 0.5) is 0 Å². The highest BCUT2D eigenvalue weighted by Crippen LogP contribution is 2.56. The molecule has 0 fully saturated rings. The van der Waals surface area contributed by atoms with E-state index in [1.807, 2.05) is 0 Å². The largest absolute Gasteiger partial charge is 0.278 e. The van der Waals surface area contributed by atoms with Crippen molar-refractivity contribution in [2.24, 2.45) is 0 Å².